The molecule has 8 heteroatoms. The maximum absolute atomic E-state index is 12.4. The first-order valence-electron chi connectivity index (χ1n) is 9.47. The van der Waals surface area contributed by atoms with E-state index < -0.39 is 0 Å². The molecule has 1 amide bonds. The lowest BCUT2D eigenvalue weighted by molar-refractivity contribution is -0.121. The summed E-state index contributed by atoms with van der Waals surface area (Å²) in [6.45, 7) is 4.01. The van der Waals surface area contributed by atoms with Crippen LogP contribution in [0.5, 0.6) is 11.5 Å². The average Bonchev–Trinajstić information content (AvgIpc) is 3.11. The van der Waals surface area contributed by atoms with Gasteiger partial charge in [-0.05, 0) is 36.8 Å². The molecule has 0 saturated carbocycles. The second kappa shape index (κ2) is 8.48. The second-order valence-electron chi connectivity index (χ2n) is 6.87. The van der Waals surface area contributed by atoms with E-state index in [2.05, 4.69) is 15.5 Å². The summed E-state index contributed by atoms with van der Waals surface area (Å²) < 4.78 is 13.4. The van der Waals surface area contributed by atoms with E-state index in [4.69, 9.17) is 21.7 Å². The van der Waals surface area contributed by atoms with Gasteiger partial charge in [-0.3, -0.25) is 14.5 Å². The van der Waals surface area contributed by atoms with Crippen LogP contribution in [-0.2, 0) is 17.9 Å². The molecule has 0 spiro atoms. The predicted molar refractivity (Wildman–Crippen MR) is 111 cm³/mol. The van der Waals surface area contributed by atoms with Gasteiger partial charge >= 0.3 is 0 Å². The zero-order valence-electron chi connectivity index (χ0n) is 16.1. The van der Waals surface area contributed by atoms with Crippen LogP contribution in [0.4, 0.5) is 0 Å². The summed E-state index contributed by atoms with van der Waals surface area (Å²) in [5.41, 5.74) is 3.09. The summed E-state index contributed by atoms with van der Waals surface area (Å²) in [4.78, 5) is 12.4. The summed E-state index contributed by atoms with van der Waals surface area (Å²) in [6.07, 6.45) is 0.303. The van der Waals surface area contributed by atoms with Crippen molar-refractivity contribution in [2.24, 2.45) is 0 Å². The molecule has 150 valence electrons. The Bertz CT molecular complexity index is 1070. The number of aromatic nitrogens is 3. The quantitative estimate of drug-likeness (QED) is 0.609. The highest BCUT2D eigenvalue weighted by Gasteiger charge is 2.13. The first-order chi connectivity index (χ1) is 14.1. The number of amides is 1. The zero-order valence-corrected chi connectivity index (χ0v) is 16.9. The van der Waals surface area contributed by atoms with Crippen LogP contribution in [0, 0.1) is 11.7 Å². The number of aromatic amines is 1. The molecule has 0 aliphatic carbocycles. The molecule has 2 N–H and O–H groups in total. The van der Waals surface area contributed by atoms with E-state index in [0.29, 0.717) is 37.5 Å². The lowest BCUT2D eigenvalue weighted by atomic mass is 10.1. The third kappa shape index (κ3) is 4.48. The number of fused-ring (bicyclic) bond motifs is 1. The standard InChI is InChI=1S/C21H22N4O3S/c1-14-2-5-16(6-3-14)20-23-24-21(29)25(20)9-8-19(26)22-13-15-4-7-17-18(12-15)28-11-10-27-17/h2-7,12H,8-11,13H2,1H3,(H,22,26)(H,24,29). The zero-order chi connectivity index (χ0) is 20.2. The van der Waals surface area contributed by atoms with Gasteiger partial charge in [0.05, 0.1) is 0 Å². The molecule has 29 heavy (non-hydrogen) atoms. The molecular weight excluding hydrogens is 388 g/mol. The molecule has 2 heterocycles. The smallest absolute Gasteiger partial charge is 0.222 e. The van der Waals surface area contributed by atoms with Gasteiger partial charge in [-0.2, -0.15) is 5.10 Å². The number of nitrogens with zero attached hydrogens (tertiary/aromatic N) is 2. The molecule has 0 radical (unpaired) electrons. The maximum atomic E-state index is 12.4. The van der Waals surface area contributed by atoms with E-state index in [1.54, 1.807) is 0 Å². The Balaban J connectivity index is 1.36. The SMILES string of the molecule is Cc1ccc(-c2n[nH]c(=S)n2CCC(=O)NCc2ccc3c(c2)OCCO3)cc1. The van der Waals surface area contributed by atoms with Crippen LogP contribution < -0.4 is 14.8 Å². The van der Waals surface area contributed by atoms with E-state index >= 15 is 0 Å². The number of aryl methyl sites for hydroxylation is 1. The Kier molecular flexibility index (Phi) is 5.62. The molecule has 1 aliphatic rings. The number of carbonyl (C=O) groups excluding carboxylic acids is 1. The number of nitrogens with one attached hydrogen (secondary N) is 2. The van der Waals surface area contributed by atoms with Crippen molar-refractivity contribution in [3.63, 3.8) is 0 Å². The Morgan fingerprint density at radius 2 is 1.93 bits per heavy atom. The molecule has 7 nitrogen and oxygen atoms in total. The van der Waals surface area contributed by atoms with Crippen molar-refractivity contribution in [3.8, 4) is 22.9 Å². The number of hydrogen-bond donors (Lipinski definition) is 2. The highest BCUT2D eigenvalue weighted by atomic mass is 32.1. The lowest BCUT2D eigenvalue weighted by Gasteiger charge is -2.19. The van der Waals surface area contributed by atoms with Gasteiger partial charge in [0, 0.05) is 25.1 Å². The lowest BCUT2D eigenvalue weighted by Crippen LogP contribution is -2.24. The average molecular weight is 410 g/mol. The second-order valence-corrected chi connectivity index (χ2v) is 7.26. The first kappa shape index (κ1) is 19.2. The molecule has 0 saturated heterocycles. The fourth-order valence-electron chi connectivity index (χ4n) is 3.15. The van der Waals surface area contributed by atoms with Gasteiger partial charge in [-0.1, -0.05) is 35.9 Å². The van der Waals surface area contributed by atoms with Gasteiger partial charge in [0.25, 0.3) is 0 Å². The Morgan fingerprint density at radius 1 is 1.17 bits per heavy atom. The molecule has 4 rings (SSSR count). The van der Waals surface area contributed by atoms with E-state index in [0.717, 1.165) is 28.5 Å². The minimum Gasteiger partial charge on any atom is -0.486 e. The van der Waals surface area contributed by atoms with E-state index in [1.165, 1.54) is 5.56 Å². The van der Waals surface area contributed by atoms with Gasteiger partial charge in [-0.15, -0.1) is 0 Å². The molecule has 0 atom stereocenters. The number of carbonyl (C=O) groups is 1. The van der Waals surface area contributed by atoms with E-state index in [9.17, 15) is 4.79 Å². The maximum Gasteiger partial charge on any atom is 0.222 e. The number of H-pyrrole nitrogens is 1. The van der Waals surface area contributed by atoms with Crippen molar-refractivity contribution >= 4 is 18.1 Å². The molecule has 1 aromatic heterocycles. The largest absolute Gasteiger partial charge is 0.486 e. The van der Waals surface area contributed by atoms with Crippen LogP contribution in [0.2, 0.25) is 0 Å². The molecule has 2 aromatic carbocycles. The topological polar surface area (TPSA) is 81.2 Å². The molecule has 0 bridgehead atoms. The molecule has 0 unspecified atom stereocenters. The molecule has 3 aromatic rings. The molecule has 1 aliphatic heterocycles. The van der Waals surface area contributed by atoms with Gasteiger partial charge in [-0.25, -0.2) is 0 Å². The number of benzene rings is 2. The van der Waals surface area contributed by atoms with Crippen LogP contribution in [-0.4, -0.2) is 33.9 Å². The van der Waals surface area contributed by atoms with Crippen LogP contribution in [0.25, 0.3) is 11.4 Å². The van der Waals surface area contributed by atoms with Crippen LogP contribution >= 0.6 is 12.2 Å². The van der Waals surface area contributed by atoms with Gasteiger partial charge < -0.3 is 14.8 Å². The third-order valence-electron chi connectivity index (χ3n) is 4.73. The normalized spacial score (nSPS) is 12.6. The Morgan fingerprint density at radius 3 is 2.72 bits per heavy atom. The monoisotopic (exact) mass is 410 g/mol. The van der Waals surface area contributed by atoms with Gasteiger partial charge in [0.2, 0.25) is 5.91 Å². The number of hydrogen-bond acceptors (Lipinski definition) is 5. The highest BCUT2D eigenvalue weighted by Crippen LogP contribution is 2.30. The minimum atomic E-state index is -0.0576. The van der Waals surface area contributed by atoms with Crippen molar-refractivity contribution < 1.29 is 14.3 Å². The van der Waals surface area contributed by atoms with E-state index in [-0.39, 0.29) is 5.91 Å². The van der Waals surface area contributed by atoms with Crippen molar-refractivity contribution in [2.45, 2.75) is 26.4 Å². The van der Waals surface area contributed by atoms with Gasteiger partial charge in [0.1, 0.15) is 13.2 Å². The molecular formula is C21H22N4O3S. The molecule has 0 fully saturated rings. The predicted octanol–water partition coefficient (Wildman–Crippen LogP) is 3.39. The van der Waals surface area contributed by atoms with E-state index in [1.807, 2.05) is 54.0 Å². The van der Waals surface area contributed by atoms with Crippen molar-refractivity contribution in [2.75, 3.05) is 13.2 Å². The first-order valence-corrected chi connectivity index (χ1v) is 9.88. The summed E-state index contributed by atoms with van der Waals surface area (Å²) >= 11 is 5.34. The Hall–Kier alpha value is -3.13. The van der Waals surface area contributed by atoms with Crippen molar-refractivity contribution in [1.29, 1.82) is 0 Å². The summed E-state index contributed by atoms with van der Waals surface area (Å²) in [5.74, 6) is 2.13. The van der Waals surface area contributed by atoms with Crippen molar-refractivity contribution in [1.82, 2.24) is 20.1 Å². The van der Waals surface area contributed by atoms with Crippen LogP contribution in [0.3, 0.4) is 0 Å². The third-order valence-corrected chi connectivity index (χ3v) is 5.04. The Labute approximate surface area is 173 Å². The summed E-state index contributed by atoms with van der Waals surface area (Å²) in [7, 11) is 0. The fraction of sp³-hybridized carbons (Fsp3) is 0.286. The van der Waals surface area contributed by atoms with Crippen LogP contribution in [0.15, 0.2) is 42.5 Å². The van der Waals surface area contributed by atoms with Gasteiger partial charge in [0.15, 0.2) is 22.1 Å². The fourth-order valence-corrected chi connectivity index (χ4v) is 3.37. The minimum absolute atomic E-state index is 0.0576. The number of ether oxygens (including phenoxy) is 2. The summed E-state index contributed by atoms with van der Waals surface area (Å²) in [5, 5.41) is 10.1. The highest BCUT2D eigenvalue weighted by molar-refractivity contribution is 7.71. The summed E-state index contributed by atoms with van der Waals surface area (Å²) in [6, 6.07) is 13.7. The number of rotatable bonds is 6. The van der Waals surface area contributed by atoms with Crippen LogP contribution in [0.1, 0.15) is 17.5 Å². The van der Waals surface area contributed by atoms with Crippen molar-refractivity contribution in [3.05, 3.63) is 58.4 Å².